The molecule has 20 heavy (non-hydrogen) atoms. The van der Waals surface area contributed by atoms with Gasteiger partial charge in [-0.2, -0.15) is 0 Å². The van der Waals surface area contributed by atoms with Gasteiger partial charge >= 0.3 is 5.97 Å². The Labute approximate surface area is 116 Å². The maximum absolute atomic E-state index is 12.1. The van der Waals surface area contributed by atoms with Crippen molar-refractivity contribution in [2.45, 2.75) is 26.8 Å². The van der Waals surface area contributed by atoms with Crippen molar-refractivity contribution >= 4 is 23.7 Å². The molecule has 1 heterocycles. The highest BCUT2D eigenvalue weighted by Gasteiger charge is 2.72. The Hall–Kier alpha value is -1.92. The number of methoxy groups -OCH3 is 1. The molecule has 2 rings (SSSR count). The summed E-state index contributed by atoms with van der Waals surface area (Å²) in [5.74, 6) is -2.25. The highest BCUT2D eigenvalue weighted by atomic mass is 16.5. The minimum Gasteiger partial charge on any atom is -0.467 e. The Morgan fingerprint density at radius 2 is 1.80 bits per heavy atom. The fraction of sp³-hybridized carbons (Fsp3) is 0.692. The summed E-state index contributed by atoms with van der Waals surface area (Å²) in [6.07, 6.45) is 0. The lowest BCUT2D eigenvalue weighted by Gasteiger charge is -2.24. The van der Waals surface area contributed by atoms with Crippen LogP contribution in [0.2, 0.25) is 0 Å². The van der Waals surface area contributed by atoms with Gasteiger partial charge in [0.1, 0.15) is 6.04 Å². The molecular weight excluding hydrogens is 264 g/mol. The van der Waals surface area contributed by atoms with Gasteiger partial charge < -0.3 is 10.1 Å². The average Bonchev–Trinajstić information content (AvgIpc) is 2.83. The van der Waals surface area contributed by atoms with Gasteiger partial charge in [0.15, 0.2) is 0 Å². The zero-order valence-corrected chi connectivity index (χ0v) is 11.9. The van der Waals surface area contributed by atoms with Gasteiger partial charge in [-0.05, 0) is 5.41 Å². The van der Waals surface area contributed by atoms with E-state index in [1.54, 1.807) is 0 Å². The lowest BCUT2D eigenvalue weighted by molar-refractivity contribution is -0.149. The van der Waals surface area contributed by atoms with Gasteiger partial charge in [0, 0.05) is 6.92 Å². The van der Waals surface area contributed by atoms with Crippen molar-refractivity contribution in [3.8, 4) is 0 Å². The van der Waals surface area contributed by atoms with E-state index in [1.807, 2.05) is 13.8 Å². The zero-order chi connectivity index (χ0) is 15.2. The molecule has 1 N–H and O–H groups in total. The van der Waals surface area contributed by atoms with Crippen LogP contribution >= 0.6 is 0 Å². The quantitative estimate of drug-likeness (QED) is 0.544. The van der Waals surface area contributed by atoms with Crippen LogP contribution in [0, 0.1) is 17.3 Å². The minimum absolute atomic E-state index is 0.174. The molecule has 0 aromatic rings. The molecule has 0 spiro atoms. The predicted molar refractivity (Wildman–Crippen MR) is 67.1 cm³/mol. The fourth-order valence-electron chi connectivity index (χ4n) is 2.93. The van der Waals surface area contributed by atoms with Crippen molar-refractivity contribution in [3.63, 3.8) is 0 Å². The zero-order valence-electron chi connectivity index (χ0n) is 11.9. The molecule has 1 aliphatic heterocycles. The molecule has 1 aliphatic carbocycles. The first kappa shape index (κ1) is 14.5. The molecule has 3 unspecified atom stereocenters. The summed E-state index contributed by atoms with van der Waals surface area (Å²) < 4.78 is 4.57. The standard InChI is InChI=1S/C13H18N2O5/c1-6(16)14-7(12(19)20-4)5-15-10(17)8-9(11(15)18)13(8,2)3/h7-9H,5H2,1-4H3,(H,14,16). The molecule has 2 aliphatic rings. The minimum atomic E-state index is -1.02. The molecule has 0 bridgehead atoms. The first-order chi connectivity index (χ1) is 9.21. The van der Waals surface area contributed by atoms with E-state index in [0.717, 1.165) is 4.90 Å². The SMILES string of the molecule is COC(=O)C(CN1C(=O)C2C(C1=O)C2(C)C)NC(C)=O. The van der Waals surface area contributed by atoms with Crippen LogP contribution in [-0.4, -0.2) is 48.3 Å². The molecule has 3 atom stereocenters. The van der Waals surface area contributed by atoms with Gasteiger partial charge in [0.2, 0.25) is 17.7 Å². The van der Waals surface area contributed by atoms with Gasteiger partial charge in [-0.3, -0.25) is 19.3 Å². The second-order valence-corrected chi connectivity index (χ2v) is 5.84. The number of imide groups is 1. The molecule has 1 saturated heterocycles. The van der Waals surface area contributed by atoms with E-state index in [0.29, 0.717) is 0 Å². The third kappa shape index (κ3) is 2.07. The molecule has 7 heteroatoms. The van der Waals surface area contributed by atoms with Crippen LogP contribution in [0.1, 0.15) is 20.8 Å². The van der Waals surface area contributed by atoms with Crippen LogP contribution in [0.3, 0.4) is 0 Å². The second-order valence-electron chi connectivity index (χ2n) is 5.84. The summed E-state index contributed by atoms with van der Waals surface area (Å²) in [5.41, 5.74) is -0.292. The third-order valence-corrected chi connectivity index (χ3v) is 4.12. The van der Waals surface area contributed by atoms with Crippen molar-refractivity contribution in [1.29, 1.82) is 0 Å². The number of nitrogens with zero attached hydrogens (tertiary/aromatic N) is 1. The number of fused-ring (bicyclic) bond motifs is 1. The van der Waals surface area contributed by atoms with Gasteiger partial charge in [0.25, 0.3) is 0 Å². The molecule has 2 fully saturated rings. The monoisotopic (exact) mass is 282 g/mol. The highest BCUT2D eigenvalue weighted by Crippen LogP contribution is 2.63. The first-order valence-corrected chi connectivity index (χ1v) is 6.42. The Balaban J connectivity index is 2.09. The summed E-state index contributed by atoms with van der Waals surface area (Å²) >= 11 is 0. The molecule has 3 amide bonds. The number of nitrogens with one attached hydrogen (secondary N) is 1. The number of rotatable bonds is 4. The number of amides is 3. The van der Waals surface area contributed by atoms with E-state index >= 15 is 0 Å². The third-order valence-electron chi connectivity index (χ3n) is 4.12. The van der Waals surface area contributed by atoms with Crippen LogP contribution in [0.5, 0.6) is 0 Å². The Morgan fingerprint density at radius 1 is 1.30 bits per heavy atom. The maximum Gasteiger partial charge on any atom is 0.330 e. The van der Waals surface area contributed by atoms with Crippen LogP contribution < -0.4 is 5.32 Å². The lowest BCUT2D eigenvalue weighted by atomic mass is 10.1. The van der Waals surface area contributed by atoms with Crippen LogP contribution in [0.25, 0.3) is 0 Å². The van der Waals surface area contributed by atoms with E-state index < -0.39 is 17.9 Å². The number of carbonyl (C=O) groups excluding carboxylic acids is 4. The number of hydrogen-bond donors (Lipinski definition) is 1. The molecule has 110 valence electrons. The Morgan fingerprint density at radius 3 is 2.20 bits per heavy atom. The van der Waals surface area contributed by atoms with Crippen molar-refractivity contribution in [2.75, 3.05) is 13.7 Å². The van der Waals surface area contributed by atoms with Gasteiger partial charge in [-0.1, -0.05) is 13.8 Å². The number of ether oxygens (including phenoxy) is 1. The number of piperidine rings is 1. The second kappa shape index (κ2) is 4.57. The average molecular weight is 282 g/mol. The van der Waals surface area contributed by atoms with Crippen LogP contribution in [0.4, 0.5) is 0 Å². The smallest absolute Gasteiger partial charge is 0.330 e. The highest BCUT2D eigenvalue weighted by molar-refractivity contribution is 6.10. The molecular formula is C13H18N2O5. The largest absolute Gasteiger partial charge is 0.467 e. The summed E-state index contributed by atoms with van der Waals surface area (Å²) in [5, 5.41) is 2.39. The van der Waals surface area contributed by atoms with Gasteiger partial charge in [0.05, 0.1) is 25.5 Å². The predicted octanol–water partition coefficient (Wildman–Crippen LogP) is -0.695. The number of esters is 1. The van der Waals surface area contributed by atoms with E-state index in [-0.39, 0.29) is 35.6 Å². The van der Waals surface area contributed by atoms with Gasteiger partial charge in [-0.15, -0.1) is 0 Å². The summed E-state index contributed by atoms with van der Waals surface area (Å²) in [4.78, 5) is 48.0. The molecule has 0 aromatic heterocycles. The van der Waals surface area contributed by atoms with Gasteiger partial charge in [-0.25, -0.2) is 4.79 Å². The molecule has 7 nitrogen and oxygen atoms in total. The van der Waals surface area contributed by atoms with Crippen LogP contribution in [-0.2, 0) is 23.9 Å². The molecule has 0 radical (unpaired) electrons. The van der Waals surface area contributed by atoms with E-state index in [1.165, 1.54) is 14.0 Å². The van der Waals surface area contributed by atoms with Crippen LogP contribution in [0.15, 0.2) is 0 Å². The van der Waals surface area contributed by atoms with Crippen molar-refractivity contribution < 1.29 is 23.9 Å². The van der Waals surface area contributed by atoms with Crippen molar-refractivity contribution in [2.24, 2.45) is 17.3 Å². The van der Waals surface area contributed by atoms with E-state index in [2.05, 4.69) is 10.1 Å². The first-order valence-electron chi connectivity index (χ1n) is 6.42. The Kier molecular flexibility index (Phi) is 3.31. The topological polar surface area (TPSA) is 92.8 Å². The van der Waals surface area contributed by atoms with E-state index in [4.69, 9.17) is 0 Å². The van der Waals surface area contributed by atoms with Crippen molar-refractivity contribution in [3.05, 3.63) is 0 Å². The normalized spacial score (nSPS) is 27.9. The molecule has 0 aromatic carbocycles. The summed E-state index contributed by atoms with van der Waals surface area (Å²) in [6, 6.07) is -1.02. The number of carbonyl (C=O) groups is 4. The maximum atomic E-state index is 12.1. The lowest BCUT2D eigenvalue weighted by Crippen LogP contribution is -2.51. The van der Waals surface area contributed by atoms with E-state index in [9.17, 15) is 19.2 Å². The summed E-state index contributed by atoms with van der Waals surface area (Å²) in [7, 11) is 1.19. The Bertz CT molecular complexity index is 475. The summed E-state index contributed by atoms with van der Waals surface area (Å²) in [6.45, 7) is 4.83. The molecule has 1 saturated carbocycles. The number of likely N-dealkylation sites (tertiary alicyclic amines) is 1. The van der Waals surface area contributed by atoms with Crippen molar-refractivity contribution in [1.82, 2.24) is 10.2 Å². The fourth-order valence-corrected chi connectivity index (χ4v) is 2.93. The number of hydrogen-bond acceptors (Lipinski definition) is 5.